The topological polar surface area (TPSA) is 36.4 Å². The molecule has 0 unspecified atom stereocenters. The zero-order valence-corrected chi connectivity index (χ0v) is 9.54. The molecule has 2 heteroatoms. The number of nitrogens with zero attached hydrogens (tertiary/aromatic N) is 2. The summed E-state index contributed by atoms with van der Waals surface area (Å²) in [6.45, 7) is 2.25. The quantitative estimate of drug-likeness (QED) is 0.217. The van der Waals surface area contributed by atoms with Gasteiger partial charge in [-0.3, -0.25) is 0 Å². The van der Waals surface area contributed by atoms with E-state index < -0.39 is 0 Å². The first-order valence-electron chi connectivity index (χ1n) is 6.07. The summed E-state index contributed by atoms with van der Waals surface area (Å²) < 4.78 is 0. The second-order valence-corrected chi connectivity index (χ2v) is 3.92. The monoisotopic (exact) mass is 196 g/mol. The third-order valence-corrected chi connectivity index (χ3v) is 2.52. The minimum absolute atomic E-state index is 0.923. The van der Waals surface area contributed by atoms with Crippen LogP contribution in [0.2, 0.25) is 0 Å². The Labute approximate surface area is 88.3 Å². The van der Waals surface area contributed by atoms with Gasteiger partial charge in [-0.15, -0.1) is 0 Å². The van der Waals surface area contributed by atoms with E-state index in [0.717, 1.165) is 6.42 Å². The highest BCUT2D eigenvalue weighted by Gasteiger charge is 1.91. The van der Waals surface area contributed by atoms with E-state index in [1.54, 1.807) is 6.21 Å². The number of unbranched alkanes of at least 4 members (excludes halogenated alkanes) is 9. The average Bonchev–Trinajstić information content (AvgIpc) is 2.21. The molecule has 0 aliphatic heterocycles. The van der Waals surface area contributed by atoms with E-state index in [1.807, 2.05) is 0 Å². The summed E-state index contributed by atoms with van der Waals surface area (Å²) in [4.78, 5) is 2.98. The molecule has 0 fully saturated rings. The van der Waals surface area contributed by atoms with Gasteiger partial charge in [-0.05, 0) is 6.42 Å². The standard InChI is InChI=1S/C12H24N2/c1-2-3-4-5-6-7-8-9-10-11-12-14-13/h12H,2-11H2,1H3. The minimum Gasteiger partial charge on any atom is -0.362 e. The maximum absolute atomic E-state index is 8.16. The van der Waals surface area contributed by atoms with Crippen molar-refractivity contribution in [3.05, 3.63) is 5.53 Å². The van der Waals surface area contributed by atoms with E-state index in [0.29, 0.717) is 0 Å². The molecular formula is C12H24N2. The van der Waals surface area contributed by atoms with Crippen LogP contribution in [-0.4, -0.2) is 11.0 Å². The third-order valence-electron chi connectivity index (χ3n) is 2.52. The molecule has 0 aromatic carbocycles. The Balaban J connectivity index is 2.88. The van der Waals surface area contributed by atoms with Crippen molar-refractivity contribution in [1.82, 2.24) is 0 Å². The van der Waals surface area contributed by atoms with Crippen LogP contribution in [0.3, 0.4) is 0 Å². The first-order chi connectivity index (χ1) is 6.91. The molecule has 0 aromatic heterocycles. The second-order valence-electron chi connectivity index (χ2n) is 3.92. The van der Waals surface area contributed by atoms with Gasteiger partial charge in [0.1, 0.15) is 0 Å². The third kappa shape index (κ3) is 11.4. The van der Waals surface area contributed by atoms with Gasteiger partial charge in [-0.25, -0.2) is 0 Å². The van der Waals surface area contributed by atoms with Crippen molar-refractivity contribution in [1.29, 1.82) is 0 Å². The van der Waals surface area contributed by atoms with Gasteiger partial charge in [0, 0.05) is 6.42 Å². The van der Waals surface area contributed by atoms with Crippen molar-refractivity contribution in [3.8, 4) is 0 Å². The molecule has 0 spiro atoms. The summed E-state index contributed by atoms with van der Waals surface area (Å²) in [5, 5.41) is 0. The van der Waals surface area contributed by atoms with E-state index >= 15 is 0 Å². The van der Waals surface area contributed by atoms with Crippen LogP contribution in [0, 0.1) is 0 Å². The van der Waals surface area contributed by atoms with Gasteiger partial charge in [0.05, 0.1) is 0 Å². The molecule has 2 nitrogen and oxygen atoms in total. The fourth-order valence-corrected chi connectivity index (χ4v) is 1.60. The van der Waals surface area contributed by atoms with Crippen LogP contribution in [0.5, 0.6) is 0 Å². The molecule has 0 amide bonds. The Morgan fingerprint density at radius 1 is 0.857 bits per heavy atom. The lowest BCUT2D eigenvalue weighted by atomic mass is 10.1. The molecule has 0 radical (unpaired) electrons. The molecule has 0 aliphatic carbocycles. The van der Waals surface area contributed by atoms with E-state index in [1.165, 1.54) is 57.8 Å². The lowest BCUT2D eigenvalue weighted by Gasteiger charge is -1.99. The number of rotatable bonds is 10. The summed E-state index contributed by atoms with van der Waals surface area (Å²) in [6, 6.07) is 0. The fourth-order valence-electron chi connectivity index (χ4n) is 1.60. The molecule has 0 saturated heterocycles. The van der Waals surface area contributed by atoms with E-state index in [9.17, 15) is 0 Å². The molecule has 0 atom stereocenters. The first kappa shape index (κ1) is 13.4. The van der Waals surface area contributed by atoms with Crippen molar-refractivity contribution in [2.24, 2.45) is 0 Å². The average molecular weight is 196 g/mol. The predicted octanol–water partition coefficient (Wildman–Crippen LogP) is 4.21. The molecule has 0 rings (SSSR count). The maximum Gasteiger partial charge on any atom is 0.257 e. The Hall–Kier alpha value is -0.620. The predicted molar refractivity (Wildman–Crippen MR) is 61.5 cm³/mol. The van der Waals surface area contributed by atoms with Crippen molar-refractivity contribution >= 4 is 6.21 Å². The number of hydrogen-bond acceptors (Lipinski definition) is 0. The SMILES string of the molecule is CCCCCCCCCCCC=[N+]=[N-]. The van der Waals surface area contributed by atoms with Crippen molar-refractivity contribution in [2.45, 2.75) is 71.1 Å². The van der Waals surface area contributed by atoms with Crippen LogP contribution < -0.4 is 0 Å². The van der Waals surface area contributed by atoms with Crippen LogP contribution >= 0.6 is 0 Å². The van der Waals surface area contributed by atoms with Crippen molar-refractivity contribution in [3.63, 3.8) is 0 Å². The molecule has 0 aromatic rings. The normalized spacial score (nSPS) is 9.79. The number of hydrogen-bond donors (Lipinski definition) is 0. The molecule has 0 N–H and O–H groups in total. The molecular weight excluding hydrogens is 172 g/mol. The zero-order chi connectivity index (χ0) is 10.5. The highest BCUT2D eigenvalue weighted by atomic mass is 14.8. The summed E-state index contributed by atoms with van der Waals surface area (Å²) in [7, 11) is 0. The molecule has 82 valence electrons. The van der Waals surface area contributed by atoms with Crippen LogP contribution in [-0.2, 0) is 0 Å². The van der Waals surface area contributed by atoms with Crippen molar-refractivity contribution in [2.75, 3.05) is 0 Å². The van der Waals surface area contributed by atoms with E-state index in [4.69, 9.17) is 5.53 Å². The Bertz CT molecular complexity index is 148. The van der Waals surface area contributed by atoms with Crippen LogP contribution in [0.25, 0.3) is 5.53 Å². The van der Waals surface area contributed by atoms with Gasteiger partial charge < -0.3 is 5.53 Å². The molecule has 0 saturated carbocycles. The Morgan fingerprint density at radius 3 is 1.86 bits per heavy atom. The Morgan fingerprint density at radius 2 is 1.36 bits per heavy atom. The van der Waals surface area contributed by atoms with Gasteiger partial charge in [-0.1, -0.05) is 58.3 Å². The van der Waals surface area contributed by atoms with E-state index in [2.05, 4.69) is 11.7 Å². The van der Waals surface area contributed by atoms with Crippen LogP contribution in [0.1, 0.15) is 71.1 Å². The highest BCUT2D eigenvalue weighted by Crippen LogP contribution is 2.09. The van der Waals surface area contributed by atoms with Gasteiger partial charge in [0.15, 0.2) is 0 Å². The van der Waals surface area contributed by atoms with Crippen LogP contribution in [0.15, 0.2) is 0 Å². The smallest absolute Gasteiger partial charge is 0.257 e. The highest BCUT2D eigenvalue weighted by molar-refractivity contribution is 5.49. The summed E-state index contributed by atoms with van der Waals surface area (Å²) in [6.07, 6.45) is 14.6. The van der Waals surface area contributed by atoms with Crippen LogP contribution in [0.4, 0.5) is 0 Å². The lowest BCUT2D eigenvalue weighted by Crippen LogP contribution is -1.82. The molecule has 0 aliphatic rings. The van der Waals surface area contributed by atoms with Crippen molar-refractivity contribution < 1.29 is 4.79 Å². The zero-order valence-electron chi connectivity index (χ0n) is 9.54. The lowest BCUT2D eigenvalue weighted by molar-refractivity contribution is 0.000734. The minimum atomic E-state index is 0.923. The second kappa shape index (κ2) is 12.4. The van der Waals surface area contributed by atoms with E-state index in [-0.39, 0.29) is 0 Å². The summed E-state index contributed by atoms with van der Waals surface area (Å²) in [5.41, 5.74) is 8.16. The molecule has 14 heavy (non-hydrogen) atoms. The first-order valence-corrected chi connectivity index (χ1v) is 6.07. The fraction of sp³-hybridized carbons (Fsp3) is 0.917. The summed E-state index contributed by atoms with van der Waals surface area (Å²) in [5.74, 6) is 0. The largest absolute Gasteiger partial charge is 0.362 e. The van der Waals surface area contributed by atoms with Gasteiger partial charge >= 0.3 is 0 Å². The van der Waals surface area contributed by atoms with Gasteiger partial charge in [-0.2, -0.15) is 4.79 Å². The molecule has 0 heterocycles. The Kier molecular flexibility index (Phi) is 11.8. The van der Waals surface area contributed by atoms with Gasteiger partial charge in [0.2, 0.25) is 0 Å². The summed E-state index contributed by atoms with van der Waals surface area (Å²) >= 11 is 0. The molecule has 0 bridgehead atoms. The maximum atomic E-state index is 8.16. The van der Waals surface area contributed by atoms with Gasteiger partial charge in [0.25, 0.3) is 6.21 Å².